The number of nitrogens with one attached hydrogen (secondary N) is 2. The predicted octanol–water partition coefficient (Wildman–Crippen LogP) is 1.48. The minimum atomic E-state index is -0.920. The number of fused-ring (bicyclic) bond motifs is 1. The molecular formula is C18H15ClN2O6. The summed E-state index contributed by atoms with van der Waals surface area (Å²) in [6.45, 7) is -0.559. The van der Waals surface area contributed by atoms with Gasteiger partial charge in [0, 0.05) is 5.02 Å². The van der Waals surface area contributed by atoms with Crippen molar-refractivity contribution in [3.63, 3.8) is 0 Å². The molecule has 1 heterocycles. The van der Waals surface area contributed by atoms with Gasteiger partial charge < -0.3 is 14.2 Å². The third-order valence-corrected chi connectivity index (χ3v) is 3.79. The van der Waals surface area contributed by atoms with Crippen LogP contribution in [0, 0.1) is 0 Å². The van der Waals surface area contributed by atoms with Crippen molar-refractivity contribution in [3.05, 3.63) is 59.1 Å². The van der Waals surface area contributed by atoms with Crippen LogP contribution in [0.4, 0.5) is 0 Å². The van der Waals surface area contributed by atoms with E-state index in [0.29, 0.717) is 16.5 Å². The average molecular weight is 391 g/mol. The van der Waals surface area contributed by atoms with Gasteiger partial charge in [0.15, 0.2) is 18.1 Å². The minimum Gasteiger partial charge on any atom is -0.485 e. The first-order chi connectivity index (χ1) is 13.0. The van der Waals surface area contributed by atoms with Crippen molar-refractivity contribution >= 4 is 29.4 Å². The van der Waals surface area contributed by atoms with Crippen LogP contribution in [0.25, 0.3) is 0 Å². The molecular weight excluding hydrogens is 376 g/mol. The van der Waals surface area contributed by atoms with Crippen LogP contribution in [0.5, 0.6) is 11.5 Å². The molecule has 9 heteroatoms. The zero-order valence-corrected chi connectivity index (χ0v) is 14.7. The fourth-order valence-electron chi connectivity index (χ4n) is 2.20. The molecule has 0 saturated heterocycles. The van der Waals surface area contributed by atoms with Gasteiger partial charge in [0.1, 0.15) is 6.61 Å². The molecule has 2 amide bonds. The first kappa shape index (κ1) is 18.5. The lowest BCUT2D eigenvalue weighted by atomic mass is 10.2. The summed E-state index contributed by atoms with van der Waals surface area (Å²) in [6.07, 6.45) is -0.920. The highest BCUT2D eigenvalue weighted by atomic mass is 35.5. The highest BCUT2D eigenvalue weighted by Gasteiger charge is 2.27. The Hall–Kier alpha value is -3.26. The second-order valence-corrected chi connectivity index (χ2v) is 5.92. The summed E-state index contributed by atoms with van der Waals surface area (Å²) < 4.78 is 15.8. The Balaban J connectivity index is 1.42. The Morgan fingerprint density at radius 3 is 2.48 bits per heavy atom. The Morgan fingerprint density at radius 1 is 1.04 bits per heavy atom. The topological polar surface area (TPSA) is 103 Å². The quantitative estimate of drug-likeness (QED) is 0.605. The van der Waals surface area contributed by atoms with Gasteiger partial charge >= 0.3 is 5.97 Å². The molecule has 1 aliphatic rings. The molecule has 0 bridgehead atoms. The van der Waals surface area contributed by atoms with Gasteiger partial charge in [-0.1, -0.05) is 23.7 Å². The lowest BCUT2D eigenvalue weighted by Gasteiger charge is -2.25. The number of halogens is 1. The normalized spacial score (nSPS) is 14.8. The molecule has 0 aromatic heterocycles. The number of hydrogen-bond donors (Lipinski definition) is 2. The van der Waals surface area contributed by atoms with E-state index in [0.717, 1.165) is 0 Å². The molecule has 0 unspecified atom stereocenters. The van der Waals surface area contributed by atoms with Crippen LogP contribution in [0.1, 0.15) is 10.4 Å². The minimum absolute atomic E-state index is 0.00424. The maximum absolute atomic E-state index is 12.1. The zero-order valence-electron chi connectivity index (χ0n) is 13.9. The number of para-hydroxylation sites is 2. The highest BCUT2D eigenvalue weighted by Crippen LogP contribution is 2.30. The van der Waals surface area contributed by atoms with Gasteiger partial charge in [-0.15, -0.1) is 0 Å². The monoisotopic (exact) mass is 390 g/mol. The number of amides is 2. The van der Waals surface area contributed by atoms with Crippen molar-refractivity contribution < 1.29 is 28.6 Å². The van der Waals surface area contributed by atoms with Gasteiger partial charge in [0.25, 0.3) is 11.8 Å². The molecule has 0 spiro atoms. The van der Waals surface area contributed by atoms with Crippen LogP contribution in [0.15, 0.2) is 48.5 Å². The summed E-state index contributed by atoms with van der Waals surface area (Å²) in [5.41, 5.74) is 4.60. The lowest BCUT2D eigenvalue weighted by Crippen LogP contribution is -2.51. The SMILES string of the molecule is O=C(COC(=O)c1ccc(Cl)cc1)NNC(=O)[C@@H]1COc2ccccc2O1. The van der Waals surface area contributed by atoms with Crippen molar-refractivity contribution in [2.75, 3.05) is 13.2 Å². The van der Waals surface area contributed by atoms with Gasteiger partial charge in [-0.25, -0.2) is 4.79 Å². The molecule has 0 aliphatic carbocycles. The number of rotatable bonds is 4. The third-order valence-electron chi connectivity index (χ3n) is 3.54. The molecule has 140 valence electrons. The molecule has 2 aromatic rings. The average Bonchev–Trinajstić information content (AvgIpc) is 2.70. The van der Waals surface area contributed by atoms with E-state index < -0.39 is 30.5 Å². The molecule has 27 heavy (non-hydrogen) atoms. The first-order valence-electron chi connectivity index (χ1n) is 7.93. The number of ether oxygens (including phenoxy) is 3. The van der Waals surface area contributed by atoms with Crippen molar-refractivity contribution in [2.24, 2.45) is 0 Å². The van der Waals surface area contributed by atoms with Gasteiger partial charge in [-0.05, 0) is 36.4 Å². The number of esters is 1. The number of carbonyl (C=O) groups is 3. The summed E-state index contributed by atoms with van der Waals surface area (Å²) in [5, 5.41) is 0.476. The van der Waals surface area contributed by atoms with Crippen LogP contribution in [-0.4, -0.2) is 37.1 Å². The van der Waals surface area contributed by atoms with Gasteiger partial charge in [-0.2, -0.15) is 0 Å². The Labute approximate surface area is 159 Å². The second-order valence-electron chi connectivity index (χ2n) is 5.48. The Kier molecular flexibility index (Phi) is 5.77. The summed E-state index contributed by atoms with van der Waals surface area (Å²) in [7, 11) is 0. The molecule has 2 aromatic carbocycles. The Morgan fingerprint density at radius 2 is 1.74 bits per heavy atom. The smallest absolute Gasteiger partial charge is 0.338 e. The van der Waals surface area contributed by atoms with Gasteiger partial charge in [-0.3, -0.25) is 20.4 Å². The molecule has 0 fully saturated rings. The molecule has 1 atom stereocenters. The summed E-state index contributed by atoms with van der Waals surface area (Å²) in [6, 6.07) is 12.9. The maximum atomic E-state index is 12.1. The summed E-state index contributed by atoms with van der Waals surface area (Å²) in [5.74, 6) is -1.01. The zero-order chi connectivity index (χ0) is 19.2. The molecule has 0 radical (unpaired) electrons. The van der Waals surface area contributed by atoms with Crippen molar-refractivity contribution in [1.82, 2.24) is 10.9 Å². The highest BCUT2D eigenvalue weighted by molar-refractivity contribution is 6.30. The van der Waals surface area contributed by atoms with E-state index in [1.54, 1.807) is 24.3 Å². The predicted molar refractivity (Wildman–Crippen MR) is 94.4 cm³/mol. The van der Waals surface area contributed by atoms with E-state index in [-0.39, 0.29) is 12.2 Å². The summed E-state index contributed by atoms with van der Waals surface area (Å²) in [4.78, 5) is 35.6. The second kappa shape index (κ2) is 8.41. The van der Waals surface area contributed by atoms with Crippen molar-refractivity contribution in [1.29, 1.82) is 0 Å². The largest absolute Gasteiger partial charge is 0.485 e. The van der Waals surface area contributed by atoms with E-state index in [2.05, 4.69) is 10.9 Å². The molecule has 0 saturated carbocycles. The van der Waals surface area contributed by atoms with Crippen LogP contribution in [0.3, 0.4) is 0 Å². The number of carbonyl (C=O) groups excluding carboxylic acids is 3. The van der Waals surface area contributed by atoms with Crippen LogP contribution < -0.4 is 20.3 Å². The first-order valence-corrected chi connectivity index (χ1v) is 8.30. The van der Waals surface area contributed by atoms with Crippen molar-refractivity contribution in [3.8, 4) is 11.5 Å². The van der Waals surface area contributed by atoms with E-state index >= 15 is 0 Å². The lowest BCUT2D eigenvalue weighted by molar-refractivity contribution is -0.135. The van der Waals surface area contributed by atoms with E-state index in [1.165, 1.54) is 24.3 Å². The van der Waals surface area contributed by atoms with Crippen molar-refractivity contribution in [2.45, 2.75) is 6.10 Å². The molecule has 8 nitrogen and oxygen atoms in total. The fraction of sp³-hybridized carbons (Fsp3) is 0.167. The van der Waals surface area contributed by atoms with E-state index in [9.17, 15) is 14.4 Å². The maximum Gasteiger partial charge on any atom is 0.338 e. The van der Waals surface area contributed by atoms with E-state index in [1.807, 2.05) is 0 Å². The standard InChI is InChI=1S/C18H15ClN2O6/c19-12-7-5-11(6-8-12)18(24)26-10-16(22)20-21-17(23)15-9-25-13-3-1-2-4-14(13)27-15/h1-8,15H,9-10H2,(H,20,22)(H,21,23)/t15-/m0/s1. The molecule has 1 aliphatic heterocycles. The Bertz CT molecular complexity index is 855. The third kappa shape index (κ3) is 4.89. The number of hydrazine groups is 1. The number of hydrogen-bond acceptors (Lipinski definition) is 6. The summed E-state index contributed by atoms with van der Waals surface area (Å²) >= 11 is 5.73. The van der Waals surface area contributed by atoms with Crippen LogP contribution in [-0.2, 0) is 14.3 Å². The molecule has 2 N–H and O–H groups in total. The van der Waals surface area contributed by atoms with Gasteiger partial charge in [0.05, 0.1) is 5.56 Å². The molecule has 3 rings (SSSR count). The van der Waals surface area contributed by atoms with E-state index in [4.69, 9.17) is 25.8 Å². The van der Waals surface area contributed by atoms with Crippen LogP contribution >= 0.6 is 11.6 Å². The van der Waals surface area contributed by atoms with Gasteiger partial charge in [0.2, 0.25) is 6.10 Å². The fourth-order valence-corrected chi connectivity index (χ4v) is 2.32. The van der Waals surface area contributed by atoms with Crippen LogP contribution in [0.2, 0.25) is 5.02 Å². The number of benzene rings is 2.